The molecule has 0 radical (unpaired) electrons. The maximum absolute atomic E-state index is 12.5. The Morgan fingerprint density at radius 2 is 2.00 bits per heavy atom. The van der Waals surface area contributed by atoms with E-state index in [0.717, 1.165) is 10.4 Å². The second-order valence-electron chi connectivity index (χ2n) is 4.61. The number of hydrogen-bond donors (Lipinski definition) is 1. The Kier molecular flexibility index (Phi) is 4.49. The van der Waals surface area contributed by atoms with Crippen LogP contribution in [0.1, 0.15) is 10.4 Å². The number of nitrogens with zero attached hydrogens (tertiary/aromatic N) is 1. The first kappa shape index (κ1) is 15.5. The van der Waals surface area contributed by atoms with Gasteiger partial charge in [0.2, 0.25) is 0 Å². The molecule has 1 amide bonds. The van der Waals surface area contributed by atoms with Gasteiger partial charge in [-0.25, -0.2) is 0 Å². The molecule has 1 fully saturated rings. The van der Waals surface area contributed by atoms with Gasteiger partial charge in [-0.15, -0.1) is 11.3 Å². The highest BCUT2D eigenvalue weighted by Crippen LogP contribution is 2.25. The standard InChI is InChI=1S/C15H10Cl2N2OS2/c16-11-4-2-1-3-9(11)8-19-14(20)12(18-15(19)21)7-10-5-6-13(17)22-10/h1-7H,8H2,(H,18,21)/b12-7-. The van der Waals surface area contributed by atoms with Crippen molar-refractivity contribution in [2.24, 2.45) is 0 Å². The Morgan fingerprint density at radius 3 is 2.68 bits per heavy atom. The Morgan fingerprint density at radius 1 is 1.23 bits per heavy atom. The predicted octanol–water partition coefficient (Wildman–Crippen LogP) is 4.31. The summed E-state index contributed by atoms with van der Waals surface area (Å²) in [4.78, 5) is 14.9. The fraction of sp³-hybridized carbons (Fsp3) is 0.0667. The molecular weight excluding hydrogens is 359 g/mol. The summed E-state index contributed by atoms with van der Waals surface area (Å²) in [5.74, 6) is -0.172. The van der Waals surface area contributed by atoms with Crippen LogP contribution in [0.25, 0.3) is 6.08 Å². The Bertz CT molecular complexity index is 785. The van der Waals surface area contributed by atoms with E-state index in [0.29, 0.717) is 26.7 Å². The number of rotatable bonds is 3. The number of thiocarbonyl (C=S) groups is 1. The second kappa shape index (κ2) is 6.38. The number of amides is 1. The number of carbonyl (C=O) groups is 1. The summed E-state index contributed by atoms with van der Waals surface area (Å²) >= 11 is 18.7. The Hall–Kier alpha value is -1.40. The maximum Gasteiger partial charge on any atom is 0.276 e. The van der Waals surface area contributed by atoms with Crippen molar-refractivity contribution in [2.75, 3.05) is 0 Å². The van der Waals surface area contributed by atoms with E-state index in [1.807, 2.05) is 24.3 Å². The number of nitrogens with one attached hydrogen (secondary N) is 1. The number of hydrogen-bond acceptors (Lipinski definition) is 3. The van der Waals surface area contributed by atoms with Gasteiger partial charge in [-0.3, -0.25) is 9.69 Å². The third kappa shape index (κ3) is 3.17. The molecule has 0 spiro atoms. The molecular formula is C15H10Cl2N2OS2. The van der Waals surface area contributed by atoms with E-state index in [1.165, 1.54) is 16.2 Å². The summed E-state index contributed by atoms with van der Waals surface area (Å²) in [6, 6.07) is 11.0. The van der Waals surface area contributed by atoms with E-state index in [9.17, 15) is 4.79 Å². The molecule has 1 aromatic heterocycles. The third-order valence-corrected chi connectivity index (χ3v) is 5.00. The van der Waals surface area contributed by atoms with E-state index in [2.05, 4.69) is 5.32 Å². The van der Waals surface area contributed by atoms with Crippen molar-refractivity contribution >= 4 is 63.9 Å². The van der Waals surface area contributed by atoms with Gasteiger partial charge in [-0.1, -0.05) is 41.4 Å². The minimum atomic E-state index is -0.172. The number of thiophene rings is 1. The molecule has 0 atom stereocenters. The van der Waals surface area contributed by atoms with E-state index in [-0.39, 0.29) is 5.91 Å². The van der Waals surface area contributed by atoms with Crippen LogP contribution in [0.2, 0.25) is 9.36 Å². The largest absolute Gasteiger partial charge is 0.328 e. The van der Waals surface area contributed by atoms with Crippen LogP contribution in [-0.4, -0.2) is 15.9 Å². The lowest BCUT2D eigenvalue weighted by molar-refractivity contribution is -0.122. The summed E-state index contributed by atoms with van der Waals surface area (Å²) in [6.45, 7) is 0.340. The molecule has 3 nitrogen and oxygen atoms in total. The lowest BCUT2D eigenvalue weighted by atomic mass is 10.2. The molecule has 22 heavy (non-hydrogen) atoms. The van der Waals surface area contributed by atoms with E-state index >= 15 is 0 Å². The van der Waals surface area contributed by atoms with Gasteiger partial charge in [-0.05, 0) is 42.1 Å². The minimum Gasteiger partial charge on any atom is -0.328 e. The van der Waals surface area contributed by atoms with Gasteiger partial charge in [-0.2, -0.15) is 0 Å². The monoisotopic (exact) mass is 368 g/mol. The molecule has 0 bridgehead atoms. The van der Waals surface area contributed by atoms with Crippen LogP contribution in [0.3, 0.4) is 0 Å². The third-order valence-electron chi connectivity index (χ3n) is 3.13. The number of carbonyl (C=O) groups excluding carboxylic acids is 1. The zero-order valence-electron chi connectivity index (χ0n) is 11.2. The first-order valence-electron chi connectivity index (χ1n) is 6.38. The number of benzene rings is 1. The molecule has 1 N–H and O–H groups in total. The van der Waals surface area contributed by atoms with Gasteiger partial charge in [0, 0.05) is 9.90 Å². The van der Waals surface area contributed by atoms with Crippen molar-refractivity contribution in [3.63, 3.8) is 0 Å². The smallest absolute Gasteiger partial charge is 0.276 e. The number of halogens is 2. The summed E-state index contributed by atoms with van der Waals surface area (Å²) in [5, 5.41) is 3.93. The molecule has 2 aromatic rings. The highest BCUT2D eigenvalue weighted by atomic mass is 35.5. The van der Waals surface area contributed by atoms with Crippen LogP contribution in [0.4, 0.5) is 0 Å². The van der Waals surface area contributed by atoms with Crippen LogP contribution in [0, 0.1) is 0 Å². The van der Waals surface area contributed by atoms with Gasteiger partial charge < -0.3 is 5.32 Å². The fourth-order valence-electron chi connectivity index (χ4n) is 2.06. The lowest BCUT2D eigenvalue weighted by Crippen LogP contribution is -2.30. The van der Waals surface area contributed by atoms with Crippen LogP contribution >= 0.6 is 46.8 Å². The molecule has 7 heteroatoms. The summed E-state index contributed by atoms with van der Waals surface area (Å²) in [5.41, 5.74) is 1.29. The molecule has 1 aromatic carbocycles. The second-order valence-corrected chi connectivity index (χ2v) is 7.15. The van der Waals surface area contributed by atoms with Crippen molar-refractivity contribution in [2.45, 2.75) is 6.54 Å². The maximum atomic E-state index is 12.5. The normalized spacial score (nSPS) is 16.5. The Balaban J connectivity index is 1.83. The topological polar surface area (TPSA) is 32.3 Å². The molecule has 112 valence electrons. The van der Waals surface area contributed by atoms with Crippen molar-refractivity contribution in [3.05, 3.63) is 61.9 Å². The van der Waals surface area contributed by atoms with Crippen LogP contribution in [0.15, 0.2) is 42.1 Å². The molecule has 0 aliphatic carbocycles. The van der Waals surface area contributed by atoms with Crippen molar-refractivity contribution in [3.8, 4) is 0 Å². The van der Waals surface area contributed by atoms with Crippen LogP contribution in [0.5, 0.6) is 0 Å². The molecule has 1 aliphatic heterocycles. The van der Waals surface area contributed by atoms with E-state index in [4.69, 9.17) is 35.4 Å². The first-order valence-corrected chi connectivity index (χ1v) is 8.36. The first-order chi connectivity index (χ1) is 10.5. The predicted molar refractivity (Wildman–Crippen MR) is 95.0 cm³/mol. The SMILES string of the molecule is O=C1/C(=C/c2ccc(Cl)s2)NC(=S)N1Cc1ccccc1Cl. The average molecular weight is 369 g/mol. The molecule has 0 unspecified atom stereocenters. The van der Waals surface area contributed by atoms with E-state index < -0.39 is 0 Å². The van der Waals surface area contributed by atoms with Gasteiger partial charge in [0.15, 0.2) is 5.11 Å². The molecule has 1 aliphatic rings. The summed E-state index contributed by atoms with van der Waals surface area (Å²) in [6.07, 6.45) is 1.75. The van der Waals surface area contributed by atoms with Crippen molar-refractivity contribution in [1.29, 1.82) is 0 Å². The van der Waals surface area contributed by atoms with Gasteiger partial charge in [0.05, 0.1) is 10.9 Å². The minimum absolute atomic E-state index is 0.172. The average Bonchev–Trinajstić information content (AvgIpc) is 3.00. The molecule has 3 rings (SSSR count). The summed E-state index contributed by atoms with van der Waals surface area (Å²) in [7, 11) is 0. The zero-order chi connectivity index (χ0) is 15.7. The van der Waals surface area contributed by atoms with E-state index in [1.54, 1.807) is 18.2 Å². The van der Waals surface area contributed by atoms with Gasteiger partial charge >= 0.3 is 0 Å². The van der Waals surface area contributed by atoms with Gasteiger partial charge in [0.1, 0.15) is 5.70 Å². The van der Waals surface area contributed by atoms with Crippen molar-refractivity contribution < 1.29 is 4.79 Å². The van der Waals surface area contributed by atoms with Crippen LogP contribution in [-0.2, 0) is 11.3 Å². The zero-order valence-corrected chi connectivity index (χ0v) is 14.3. The highest BCUT2D eigenvalue weighted by Gasteiger charge is 2.31. The Labute approximate surface area is 147 Å². The lowest BCUT2D eigenvalue weighted by Gasteiger charge is -2.14. The molecule has 2 heterocycles. The molecule has 0 saturated carbocycles. The highest BCUT2D eigenvalue weighted by molar-refractivity contribution is 7.80. The quantitative estimate of drug-likeness (QED) is 0.646. The van der Waals surface area contributed by atoms with Gasteiger partial charge in [0.25, 0.3) is 5.91 Å². The fourth-order valence-corrected chi connectivity index (χ4v) is 3.52. The van der Waals surface area contributed by atoms with Crippen molar-refractivity contribution in [1.82, 2.24) is 10.2 Å². The van der Waals surface area contributed by atoms with Crippen LogP contribution < -0.4 is 5.32 Å². The summed E-state index contributed by atoms with van der Waals surface area (Å²) < 4.78 is 0.674. The molecule has 1 saturated heterocycles.